The zero-order valence-corrected chi connectivity index (χ0v) is 10.1. The SMILES string of the molecule is Cc1nn(-c2cccc(F)c2C#N)c(C)c1Cl. The predicted molar refractivity (Wildman–Crippen MR) is 62.7 cm³/mol. The lowest BCUT2D eigenvalue weighted by molar-refractivity contribution is 0.620. The fourth-order valence-electron chi connectivity index (χ4n) is 1.66. The van der Waals surface area contributed by atoms with E-state index in [0.717, 1.165) is 0 Å². The minimum Gasteiger partial charge on any atom is -0.235 e. The van der Waals surface area contributed by atoms with Crippen LogP contribution in [-0.2, 0) is 0 Å². The van der Waals surface area contributed by atoms with Gasteiger partial charge >= 0.3 is 0 Å². The van der Waals surface area contributed by atoms with Gasteiger partial charge in [-0.2, -0.15) is 10.4 Å². The van der Waals surface area contributed by atoms with Gasteiger partial charge < -0.3 is 0 Å². The van der Waals surface area contributed by atoms with Crippen LogP contribution in [0, 0.1) is 31.0 Å². The van der Waals surface area contributed by atoms with Gasteiger partial charge in [0.05, 0.1) is 22.1 Å². The van der Waals surface area contributed by atoms with E-state index in [-0.39, 0.29) is 5.56 Å². The quantitative estimate of drug-likeness (QED) is 0.779. The molecule has 2 rings (SSSR count). The Morgan fingerprint density at radius 2 is 2.12 bits per heavy atom. The molecular weight excluding hydrogens is 241 g/mol. The summed E-state index contributed by atoms with van der Waals surface area (Å²) in [7, 11) is 0. The Hall–Kier alpha value is -1.86. The molecule has 0 saturated carbocycles. The Morgan fingerprint density at radius 3 is 2.65 bits per heavy atom. The molecule has 86 valence electrons. The maximum Gasteiger partial charge on any atom is 0.143 e. The van der Waals surface area contributed by atoms with Crippen molar-refractivity contribution in [1.82, 2.24) is 9.78 Å². The van der Waals surface area contributed by atoms with Gasteiger partial charge in [-0.25, -0.2) is 9.07 Å². The molecular formula is C12H9ClFN3. The smallest absolute Gasteiger partial charge is 0.143 e. The van der Waals surface area contributed by atoms with E-state index >= 15 is 0 Å². The van der Waals surface area contributed by atoms with Crippen LogP contribution in [0.2, 0.25) is 5.02 Å². The molecule has 1 aromatic carbocycles. The van der Waals surface area contributed by atoms with Crippen molar-refractivity contribution in [1.29, 1.82) is 5.26 Å². The number of nitrogens with zero attached hydrogens (tertiary/aromatic N) is 3. The molecule has 3 nitrogen and oxygen atoms in total. The van der Waals surface area contributed by atoms with Gasteiger partial charge in [-0.1, -0.05) is 17.7 Å². The van der Waals surface area contributed by atoms with Crippen molar-refractivity contribution in [2.45, 2.75) is 13.8 Å². The van der Waals surface area contributed by atoms with Crippen molar-refractivity contribution in [2.75, 3.05) is 0 Å². The summed E-state index contributed by atoms with van der Waals surface area (Å²) in [4.78, 5) is 0. The first kappa shape index (κ1) is 11.6. The van der Waals surface area contributed by atoms with Crippen LogP contribution in [0.5, 0.6) is 0 Å². The molecule has 0 amide bonds. The molecule has 0 fully saturated rings. The molecule has 0 aliphatic rings. The van der Waals surface area contributed by atoms with Crippen molar-refractivity contribution in [3.63, 3.8) is 0 Å². The highest BCUT2D eigenvalue weighted by atomic mass is 35.5. The van der Waals surface area contributed by atoms with Gasteiger partial charge in [-0.15, -0.1) is 0 Å². The number of rotatable bonds is 1. The van der Waals surface area contributed by atoms with Crippen molar-refractivity contribution < 1.29 is 4.39 Å². The Bertz CT molecular complexity index is 625. The van der Waals surface area contributed by atoms with Crippen LogP contribution in [0.15, 0.2) is 18.2 Å². The lowest BCUT2D eigenvalue weighted by Gasteiger charge is -2.06. The van der Waals surface area contributed by atoms with Crippen LogP contribution in [0.25, 0.3) is 5.69 Å². The summed E-state index contributed by atoms with van der Waals surface area (Å²) in [5, 5.41) is 13.7. The zero-order chi connectivity index (χ0) is 12.6. The highest BCUT2D eigenvalue weighted by Gasteiger charge is 2.15. The molecule has 17 heavy (non-hydrogen) atoms. The van der Waals surface area contributed by atoms with E-state index in [1.807, 2.05) is 6.07 Å². The predicted octanol–water partition coefficient (Wildman–Crippen LogP) is 3.15. The van der Waals surface area contributed by atoms with Crippen LogP contribution in [0.1, 0.15) is 17.0 Å². The summed E-state index contributed by atoms with van der Waals surface area (Å²) >= 11 is 6.02. The van der Waals surface area contributed by atoms with Gasteiger partial charge in [0.2, 0.25) is 0 Å². The fraction of sp³-hybridized carbons (Fsp3) is 0.167. The van der Waals surface area contributed by atoms with E-state index < -0.39 is 5.82 Å². The summed E-state index contributed by atoms with van der Waals surface area (Å²) in [5.41, 5.74) is 1.71. The van der Waals surface area contributed by atoms with E-state index in [4.69, 9.17) is 16.9 Å². The average molecular weight is 250 g/mol. The lowest BCUT2D eigenvalue weighted by atomic mass is 10.2. The number of hydrogen-bond acceptors (Lipinski definition) is 2. The molecule has 0 spiro atoms. The summed E-state index contributed by atoms with van der Waals surface area (Å²) < 4.78 is 15.0. The number of nitriles is 1. The number of aryl methyl sites for hydroxylation is 1. The Labute approximate surface area is 103 Å². The van der Waals surface area contributed by atoms with Crippen molar-refractivity contribution in [2.24, 2.45) is 0 Å². The fourth-order valence-corrected chi connectivity index (χ4v) is 1.78. The average Bonchev–Trinajstić information content (AvgIpc) is 2.56. The minimum atomic E-state index is -0.561. The third-order valence-electron chi connectivity index (χ3n) is 2.53. The lowest BCUT2D eigenvalue weighted by Crippen LogP contribution is -2.03. The highest BCUT2D eigenvalue weighted by Crippen LogP contribution is 2.24. The Balaban J connectivity index is 2.74. The van der Waals surface area contributed by atoms with E-state index in [1.54, 1.807) is 19.9 Å². The maximum atomic E-state index is 13.5. The van der Waals surface area contributed by atoms with E-state index in [1.165, 1.54) is 16.8 Å². The third-order valence-corrected chi connectivity index (χ3v) is 3.08. The second-order valence-corrected chi connectivity index (χ2v) is 4.02. The van der Waals surface area contributed by atoms with Crippen molar-refractivity contribution >= 4 is 11.6 Å². The first-order chi connectivity index (χ1) is 8.06. The van der Waals surface area contributed by atoms with Gasteiger partial charge in [-0.3, -0.25) is 0 Å². The van der Waals surface area contributed by atoms with Gasteiger partial charge in [0, 0.05) is 0 Å². The number of hydrogen-bond donors (Lipinski definition) is 0. The van der Waals surface area contributed by atoms with E-state index in [0.29, 0.717) is 22.1 Å². The first-order valence-corrected chi connectivity index (χ1v) is 5.34. The maximum absolute atomic E-state index is 13.5. The zero-order valence-electron chi connectivity index (χ0n) is 9.33. The molecule has 0 aliphatic carbocycles. The standard InChI is InChI=1S/C12H9ClFN3/c1-7-12(13)8(2)17(16-7)11-5-3-4-10(14)9(11)6-15/h3-5H,1-2H3. The highest BCUT2D eigenvalue weighted by molar-refractivity contribution is 6.31. The molecule has 0 radical (unpaired) electrons. The molecule has 0 bridgehead atoms. The summed E-state index contributed by atoms with van der Waals surface area (Å²) in [5.74, 6) is -0.561. The molecule has 0 N–H and O–H groups in total. The Morgan fingerprint density at radius 1 is 1.41 bits per heavy atom. The van der Waals surface area contributed by atoms with E-state index in [2.05, 4.69) is 5.10 Å². The second-order valence-electron chi connectivity index (χ2n) is 3.64. The molecule has 1 heterocycles. The summed E-state index contributed by atoms with van der Waals surface area (Å²) in [6.07, 6.45) is 0. The van der Waals surface area contributed by atoms with Gasteiger partial charge in [-0.05, 0) is 26.0 Å². The number of halogens is 2. The molecule has 2 aromatic rings. The largest absolute Gasteiger partial charge is 0.235 e. The second kappa shape index (κ2) is 4.19. The number of aromatic nitrogens is 2. The number of benzene rings is 1. The minimum absolute atomic E-state index is 0.0326. The molecule has 0 aliphatic heterocycles. The monoisotopic (exact) mass is 249 g/mol. The molecule has 0 saturated heterocycles. The first-order valence-electron chi connectivity index (χ1n) is 4.97. The topological polar surface area (TPSA) is 41.6 Å². The van der Waals surface area contributed by atoms with Gasteiger partial charge in [0.15, 0.2) is 0 Å². The normalized spacial score (nSPS) is 10.3. The summed E-state index contributed by atoms with van der Waals surface area (Å²) in [6.45, 7) is 3.53. The van der Waals surface area contributed by atoms with Crippen LogP contribution in [-0.4, -0.2) is 9.78 Å². The van der Waals surface area contributed by atoms with E-state index in [9.17, 15) is 4.39 Å². The van der Waals surface area contributed by atoms with Crippen molar-refractivity contribution in [3.8, 4) is 11.8 Å². The Kier molecular flexibility index (Phi) is 2.86. The molecule has 1 aromatic heterocycles. The van der Waals surface area contributed by atoms with Crippen LogP contribution < -0.4 is 0 Å². The summed E-state index contributed by atoms with van der Waals surface area (Å²) in [6, 6.07) is 6.26. The molecule has 5 heteroatoms. The van der Waals surface area contributed by atoms with Crippen LogP contribution in [0.4, 0.5) is 4.39 Å². The van der Waals surface area contributed by atoms with Gasteiger partial charge in [0.25, 0.3) is 0 Å². The van der Waals surface area contributed by atoms with Crippen molar-refractivity contribution in [3.05, 3.63) is 46.0 Å². The molecule has 0 atom stereocenters. The third kappa shape index (κ3) is 1.79. The van der Waals surface area contributed by atoms with Crippen LogP contribution >= 0.6 is 11.6 Å². The van der Waals surface area contributed by atoms with Crippen LogP contribution in [0.3, 0.4) is 0 Å². The van der Waals surface area contributed by atoms with Gasteiger partial charge in [0.1, 0.15) is 17.4 Å². The molecule has 0 unspecified atom stereocenters.